The summed E-state index contributed by atoms with van der Waals surface area (Å²) in [5.74, 6) is -0.238. The van der Waals surface area contributed by atoms with Gasteiger partial charge in [0.05, 0.1) is 6.33 Å². The highest BCUT2D eigenvalue weighted by Crippen LogP contribution is 2.05. The highest BCUT2D eigenvalue weighted by Gasteiger charge is 2.15. The van der Waals surface area contributed by atoms with Gasteiger partial charge in [-0.05, 0) is 17.8 Å². The van der Waals surface area contributed by atoms with Gasteiger partial charge < -0.3 is 15.2 Å². The molecule has 0 aliphatic carbocycles. The van der Waals surface area contributed by atoms with Crippen molar-refractivity contribution < 1.29 is 4.79 Å². The third kappa shape index (κ3) is 2.75. The molecule has 0 unspecified atom stereocenters. The number of nitrogens with one attached hydrogen (secondary N) is 2. The van der Waals surface area contributed by atoms with Crippen LogP contribution < -0.4 is 21.9 Å². The first kappa shape index (κ1) is 15.8. The molecule has 3 heterocycles. The second-order valence-electron chi connectivity index (χ2n) is 5.55. The molecule has 2 aromatic heterocycles. The Kier molecular flexibility index (Phi) is 4.07. The van der Waals surface area contributed by atoms with Crippen molar-refractivity contribution in [1.82, 2.24) is 29.3 Å². The molecule has 3 rings (SSSR count). The van der Waals surface area contributed by atoms with Crippen molar-refractivity contribution in [1.29, 1.82) is 0 Å². The molecule has 9 heteroatoms. The first-order valence-electron chi connectivity index (χ1n) is 7.45. The molecule has 0 spiro atoms. The van der Waals surface area contributed by atoms with Crippen LogP contribution in [-0.4, -0.2) is 37.7 Å². The van der Waals surface area contributed by atoms with Gasteiger partial charge in [0.1, 0.15) is 6.54 Å². The number of carbonyl (C=O) groups is 1. The van der Waals surface area contributed by atoms with Gasteiger partial charge in [-0.3, -0.25) is 18.7 Å². The van der Waals surface area contributed by atoms with E-state index in [0.717, 1.165) is 16.7 Å². The van der Waals surface area contributed by atoms with Gasteiger partial charge in [0.25, 0.3) is 5.56 Å². The number of rotatable bonds is 4. The van der Waals surface area contributed by atoms with Crippen molar-refractivity contribution in [3.05, 3.63) is 51.1 Å². The molecule has 9 nitrogen and oxygen atoms in total. The van der Waals surface area contributed by atoms with Crippen LogP contribution in [0, 0.1) is 0 Å². The highest BCUT2D eigenvalue weighted by molar-refractivity contribution is 5.79. The molecule has 126 valence electrons. The number of dihydropyridines is 1. The van der Waals surface area contributed by atoms with Crippen LogP contribution in [0.25, 0.3) is 11.2 Å². The standard InChI is InChI=1S/C15H18N6O3/c1-19-13-12(14(23)20(2)15(19)24)21(9-18-13)8-11(22)17-7-10-3-5-16-6-4-10/h3-5,9,16H,6-8H2,1-2H3,(H,17,22). The van der Waals surface area contributed by atoms with E-state index in [4.69, 9.17) is 0 Å². The zero-order valence-electron chi connectivity index (χ0n) is 13.4. The molecular weight excluding hydrogens is 312 g/mol. The van der Waals surface area contributed by atoms with Gasteiger partial charge in [-0.2, -0.15) is 0 Å². The Bertz CT molecular complexity index is 975. The van der Waals surface area contributed by atoms with E-state index >= 15 is 0 Å². The van der Waals surface area contributed by atoms with Gasteiger partial charge in [-0.15, -0.1) is 0 Å². The SMILES string of the molecule is Cn1c(=O)c2c(ncn2CC(=O)NCC2=CCNC=C2)n(C)c1=O. The summed E-state index contributed by atoms with van der Waals surface area (Å²) in [6.07, 6.45) is 7.10. The maximum absolute atomic E-state index is 12.3. The first-order chi connectivity index (χ1) is 11.5. The quantitative estimate of drug-likeness (QED) is 0.717. The fourth-order valence-corrected chi connectivity index (χ4v) is 2.55. The number of aromatic nitrogens is 4. The van der Waals surface area contributed by atoms with Crippen LogP contribution in [0.3, 0.4) is 0 Å². The second kappa shape index (κ2) is 6.19. The summed E-state index contributed by atoms with van der Waals surface area (Å²) in [7, 11) is 2.94. The van der Waals surface area contributed by atoms with Crippen molar-refractivity contribution in [3.63, 3.8) is 0 Å². The molecule has 0 aromatic carbocycles. The normalized spacial score (nSPS) is 13.7. The van der Waals surface area contributed by atoms with Gasteiger partial charge in [0.15, 0.2) is 11.2 Å². The molecule has 0 fully saturated rings. The van der Waals surface area contributed by atoms with Crippen LogP contribution in [0.1, 0.15) is 0 Å². The molecule has 1 aliphatic rings. The lowest BCUT2D eigenvalue weighted by Crippen LogP contribution is -2.38. The molecule has 1 amide bonds. The molecule has 0 saturated carbocycles. The topological polar surface area (TPSA) is 103 Å². The summed E-state index contributed by atoms with van der Waals surface area (Å²) in [5.41, 5.74) is 0.584. The first-order valence-corrected chi connectivity index (χ1v) is 7.45. The minimum atomic E-state index is -0.470. The Balaban J connectivity index is 1.82. The van der Waals surface area contributed by atoms with Crippen molar-refractivity contribution >= 4 is 17.1 Å². The molecule has 0 saturated heterocycles. The Morgan fingerprint density at radius 1 is 1.33 bits per heavy atom. The number of hydrogen-bond donors (Lipinski definition) is 2. The Hall–Kier alpha value is -3.10. The van der Waals surface area contributed by atoms with E-state index in [9.17, 15) is 14.4 Å². The lowest BCUT2D eigenvalue weighted by Gasteiger charge is -2.10. The number of nitrogens with zero attached hydrogens (tertiary/aromatic N) is 4. The van der Waals surface area contributed by atoms with Crippen molar-refractivity contribution in [3.8, 4) is 0 Å². The number of aryl methyl sites for hydroxylation is 1. The minimum absolute atomic E-state index is 0.0425. The molecule has 2 aromatic rings. The molecular formula is C15H18N6O3. The van der Waals surface area contributed by atoms with E-state index in [0.29, 0.717) is 6.54 Å². The summed E-state index contributed by atoms with van der Waals surface area (Å²) in [5, 5.41) is 5.84. The Labute approximate surface area is 136 Å². The number of amides is 1. The van der Waals surface area contributed by atoms with Crippen molar-refractivity contribution in [2.75, 3.05) is 13.1 Å². The second-order valence-corrected chi connectivity index (χ2v) is 5.55. The monoisotopic (exact) mass is 330 g/mol. The number of fused-ring (bicyclic) bond motifs is 1. The van der Waals surface area contributed by atoms with E-state index in [1.165, 1.54) is 29.6 Å². The number of imidazole rings is 1. The lowest BCUT2D eigenvalue weighted by molar-refractivity contribution is -0.121. The minimum Gasteiger partial charge on any atom is -0.387 e. The van der Waals surface area contributed by atoms with E-state index < -0.39 is 11.2 Å². The Morgan fingerprint density at radius 3 is 2.83 bits per heavy atom. The molecule has 0 bridgehead atoms. The van der Waals surface area contributed by atoms with Gasteiger partial charge in [0.2, 0.25) is 5.91 Å². The van der Waals surface area contributed by atoms with Gasteiger partial charge in [-0.25, -0.2) is 9.78 Å². The molecule has 1 aliphatic heterocycles. The van der Waals surface area contributed by atoms with Gasteiger partial charge in [-0.1, -0.05) is 6.08 Å². The third-order valence-electron chi connectivity index (χ3n) is 3.92. The summed E-state index contributed by atoms with van der Waals surface area (Å²) in [6.45, 7) is 1.11. The maximum Gasteiger partial charge on any atom is 0.332 e. The predicted octanol–water partition coefficient (Wildman–Crippen LogP) is -1.41. The maximum atomic E-state index is 12.3. The highest BCUT2D eigenvalue weighted by atomic mass is 16.2. The average molecular weight is 330 g/mol. The molecule has 2 N–H and O–H groups in total. The molecule has 0 atom stereocenters. The fourth-order valence-electron chi connectivity index (χ4n) is 2.55. The summed E-state index contributed by atoms with van der Waals surface area (Å²) >= 11 is 0. The van der Waals surface area contributed by atoms with Crippen LogP contribution in [0.2, 0.25) is 0 Å². The summed E-state index contributed by atoms with van der Waals surface area (Å²) < 4.78 is 3.75. The zero-order chi connectivity index (χ0) is 17.3. The zero-order valence-corrected chi connectivity index (χ0v) is 13.4. The molecule has 0 radical (unpaired) electrons. The van der Waals surface area contributed by atoms with Crippen LogP contribution >= 0.6 is 0 Å². The summed E-state index contributed by atoms with van der Waals surface area (Å²) in [4.78, 5) is 40.4. The van der Waals surface area contributed by atoms with Crippen LogP contribution in [0.15, 0.2) is 39.8 Å². The van der Waals surface area contributed by atoms with Gasteiger partial charge >= 0.3 is 5.69 Å². The average Bonchev–Trinajstić information content (AvgIpc) is 3.01. The van der Waals surface area contributed by atoms with E-state index in [1.807, 2.05) is 18.4 Å². The largest absolute Gasteiger partial charge is 0.387 e. The number of hydrogen-bond acceptors (Lipinski definition) is 5. The predicted molar refractivity (Wildman–Crippen MR) is 88.5 cm³/mol. The number of carbonyl (C=O) groups excluding carboxylic acids is 1. The third-order valence-corrected chi connectivity index (χ3v) is 3.92. The lowest BCUT2D eigenvalue weighted by atomic mass is 10.2. The van der Waals surface area contributed by atoms with E-state index in [-0.39, 0.29) is 23.6 Å². The Morgan fingerprint density at radius 2 is 2.12 bits per heavy atom. The van der Waals surface area contributed by atoms with Crippen molar-refractivity contribution in [2.24, 2.45) is 14.1 Å². The van der Waals surface area contributed by atoms with E-state index in [1.54, 1.807) is 0 Å². The van der Waals surface area contributed by atoms with Crippen LogP contribution in [0.5, 0.6) is 0 Å². The molecule has 24 heavy (non-hydrogen) atoms. The van der Waals surface area contributed by atoms with E-state index in [2.05, 4.69) is 15.6 Å². The smallest absolute Gasteiger partial charge is 0.332 e. The van der Waals surface area contributed by atoms with Crippen molar-refractivity contribution in [2.45, 2.75) is 6.54 Å². The van der Waals surface area contributed by atoms with Crippen LogP contribution in [-0.2, 0) is 25.4 Å². The summed E-state index contributed by atoms with van der Waals surface area (Å²) in [6, 6.07) is 0. The fraction of sp³-hybridized carbons (Fsp3) is 0.333. The van der Waals surface area contributed by atoms with Crippen LogP contribution in [0.4, 0.5) is 0 Å². The van der Waals surface area contributed by atoms with Gasteiger partial charge in [0, 0.05) is 27.2 Å².